The topological polar surface area (TPSA) is 97.5 Å². The highest BCUT2D eigenvalue weighted by Crippen LogP contribution is 2.32. The Morgan fingerprint density at radius 3 is 2.19 bits per heavy atom. The Bertz CT molecular complexity index is 1160. The monoisotopic (exact) mass is 383 g/mol. The summed E-state index contributed by atoms with van der Waals surface area (Å²) in [6.45, 7) is 5.91. The van der Waals surface area contributed by atoms with Gasteiger partial charge in [0.05, 0.1) is 5.56 Å². The average molecular weight is 383 g/mol. The smallest absolute Gasteiger partial charge is 0.295 e. The molecule has 0 heterocycles. The number of aryl methyl sites for hydroxylation is 3. The third-order valence-corrected chi connectivity index (χ3v) is 5.77. The van der Waals surface area contributed by atoms with E-state index in [1.54, 1.807) is 30.3 Å². The first-order valence-corrected chi connectivity index (χ1v) is 9.92. The molecule has 0 saturated heterocycles. The molecular formula is C21H21NO4S. The molecule has 0 spiro atoms. The summed E-state index contributed by atoms with van der Waals surface area (Å²) in [6.07, 6.45) is 0.262. The van der Waals surface area contributed by atoms with Crippen LogP contribution in [0.5, 0.6) is 0 Å². The van der Waals surface area contributed by atoms with E-state index in [-0.39, 0.29) is 12.0 Å². The van der Waals surface area contributed by atoms with E-state index >= 15 is 0 Å². The maximum absolute atomic E-state index is 12.2. The van der Waals surface area contributed by atoms with Crippen molar-refractivity contribution in [3.8, 4) is 0 Å². The molecule has 0 aromatic heterocycles. The Labute approximate surface area is 158 Å². The average Bonchev–Trinajstić information content (AvgIpc) is 2.55. The first kappa shape index (κ1) is 19.1. The molecule has 0 aliphatic carbocycles. The quantitative estimate of drug-likeness (QED) is 0.671. The molecule has 1 amide bonds. The molecule has 0 aliphatic rings. The van der Waals surface area contributed by atoms with Gasteiger partial charge in [-0.25, -0.2) is 0 Å². The highest BCUT2D eigenvalue weighted by atomic mass is 32.2. The van der Waals surface area contributed by atoms with Crippen molar-refractivity contribution in [3.63, 3.8) is 0 Å². The number of primary amides is 1. The van der Waals surface area contributed by atoms with Gasteiger partial charge in [-0.3, -0.25) is 9.35 Å². The third-order valence-electron chi connectivity index (χ3n) is 4.79. The van der Waals surface area contributed by atoms with Gasteiger partial charge in [-0.1, -0.05) is 42.0 Å². The summed E-state index contributed by atoms with van der Waals surface area (Å²) in [4.78, 5) is 11.7. The van der Waals surface area contributed by atoms with E-state index in [0.717, 1.165) is 22.3 Å². The highest BCUT2D eigenvalue weighted by molar-refractivity contribution is 7.86. The Balaban J connectivity index is 2.38. The van der Waals surface area contributed by atoms with E-state index in [1.807, 2.05) is 32.9 Å². The summed E-state index contributed by atoms with van der Waals surface area (Å²) in [5.41, 5.74) is 9.78. The summed E-state index contributed by atoms with van der Waals surface area (Å²) < 4.78 is 34.3. The van der Waals surface area contributed by atoms with Crippen LogP contribution in [0.2, 0.25) is 0 Å². The molecule has 0 radical (unpaired) electrons. The predicted molar refractivity (Wildman–Crippen MR) is 106 cm³/mol. The number of carbonyl (C=O) groups excluding carboxylic acids is 1. The van der Waals surface area contributed by atoms with Crippen molar-refractivity contribution in [2.45, 2.75) is 32.1 Å². The second-order valence-corrected chi connectivity index (χ2v) is 8.21. The van der Waals surface area contributed by atoms with Crippen LogP contribution in [0.4, 0.5) is 0 Å². The van der Waals surface area contributed by atoms with Gasteiger partial charge in [0, 0.05) is 0 Å². The summed E-state index contributed by atoms with van der Waals surface area (Å²) in [6, 6.07) is 12.6. The third kappa shape index (κ3) is 3.59. The van der Waals surface area contributed by atoms with E-state index in [2.05, 4.69) is 0 Å². The fraction of sp³-hybridized carbons (Fsp3) is 0.190. The Kier molecular flexibility index (Phi) is 4.80. The summed E-state index contributed by atoms with van der Waals surface area (Å²) >= 11 is 0. The van der Waals surface area contributed by atoms with E-state index in [1.165, 1.54) is 0 Å². The van der Waals surface area contributed by atoms with Crippen LogP contribution in [-0.2, 0) is 16.5 Å². The first-order valence-electron chi connectivity index (χ1n) is 8.48. The summed E-state index contributed by atoms with van der Waals surface area (Å²) in [7, 11) is -4.66. The number of hydrogen-bond acceptors (Lipinski definition) is 3. The molecule has 0 fully saturated rings. The number of amides is 1. The molecule has 3 aromatic rings. The van der Waals surface area contributed by atoms with Crippen LogP contribution in [-0.4, -0.2) is 18.9 Å². The number of hydrogen-bond donors (Lipinski definition) is 2. The van der Waals surface area contributed by atoms with Crippen LogP contribution >= 0.6 is 0 Å². The van der Waals surface area contributed by atoms with Crippen LogP contribution in [0.25, 0.3) is 10.8 Å². The standard InChI is InChI=1S/C21H21NO4S/c1-12-8-13(2)18(14(3)9-12)11-16-10-15-6-4-5-7-17(15)19(21(22)23)20(16)27(24,25)26/h4-10H,11H2,1-3H3,(H2,22,23)(H,24,25,26). The maximum Gasteiger partial charge on any atom is 0.295 e. The van der Waals surface area contributed by atoms with Gasteiger partial charge >= 0.3 is 0 Å². The van der Waals surface area contributed by atoms with E-state index in [4.69, 9.17) is 5.73 Å². The molecule has 0 aliphatic heterocycles. The van der Waals surface area contributed by atoms with Crippen LogP contribution in [0.1, 0.15) is 38.2 Å². The Hall–Kier alpha value is -2.70. The van der Waals surface area contributed by atoms with E-state index in [0.29, 0.717) is 16.3 Å². The lowest BCUT2D eigenvalue weighted by molar-refractivity contribution is 0.0998. The fourth-order valence-electron chi connectivity index (χ4n) is 3.74. The molecule has 6 heteroatoms. The zero-order valence-electron chi connectivity index (χ0n) is 15.4. The molecule has 140 valence electrons. The SMILES string of the molecule is Cc1cc(C)c(Cc2cc3ccccc3c(C(N)=O)c2S(=O)(=O)O)c(C)c1. The molecule has 3 N–H and O–H groups in total. The van der Waals surface area contributed by atoms with Gasteiger partial charge < -0.3 is 5.73 Å². The second kappa shape index (κ2) is 6.79. The normalized spacial score (nSPS) is 11.7. The first-order chi connectivity index (χ1) is 12.6. The molecule has 0 atom stereocenters. The molecule has 5 nitrogen and oxygen atoms in total. The van der Waals surface area contributed by atoms with Crippen molar-refractivity contribution in [2.24, 2.45) is 5.73 Å². The fourth-order valence-corrected chi connectivity index (χ4v) is 4.67. The van der Waals surface area contributed by atoms with Crippen molar-refractivity contribution in [3.05, 3.63) is 75.8 Å². The lowest BCUT2D eigenvalue weighted by Gasteiger charge is -2.17. The predicted octanol–water partition coefficient (Wildman–Crippen LogP) is 3.70. The summed E-state index contributed by atoms with van der Waals surface area (Å²) in [5.74, 6) is -0.891. The van der Waals surface area contributed by atoms with Crippen molar-refractivity contribution in [1.29, 1.82) is 0 Å². The number of carbonyl (C=O) groups is 1. The van der Waals surface area contributed by atoms with Gasteiger partial charge in [-0.05, 0) is 66.3 Å². The molecule has 27 heavy (non-hydrogen) atoms. The largest absolute Gasteiger partial charge is 0.366 e. The zero-order chi connectivity index (χ0) is 19.9. The maximum atomic E-state index is 12.2. The number of nitrogens with two attached hydrogens (primary N) is 1. The van der Waals surface area contributed by atoms with Gasteiger partial charge in [-0.2, -0.15) is 8.42 Å². The lowest BCUT2D eigenvalue weighted by atomic mass is 9.91. The highest BCUT2D eigenvalue weighted by Gasteiger charge is 2.26. The van der Waals surface area contributed by atoms with Gasteiger partial charge in [0.1, 0.15) is 4.90 Å². The molecular weight excluding hydrogens is 362 g/mol. The second-order valence-electron chi connectivity index (χ2n) is 6.85. The van der Waals surface area contributed by atoms with Gasteiger partial charge in [0.15, 0.2) is 0 Å². The van der Waals surface area contributed by atoms with E-state index in [9.17, 15) is 17.8 Å². The number of rotatable bonds is 4. The van der Waals surface area contributed by atoms with E-state index < -0.39 is 20.9 Å². The lowest BCUT2D eigenvalue weighted by Crippen LogP contribution is -2.19. The van der Waals surface area contributed by atoms with Crippen molar-refractivity contribution < 1.29 is 17.8 Å². The molecule has 0 unspecified atom stereocenters. The van der Waals surface area contributed by atoms with Crippen LogP contribution < -0.4 is 5.73 Å². The minimum absolute atomic E-state index is 0.173. The molecule has 0 saturated carbocycles. The summed E-state index contributed by atoms with van der Waals surface area (Å²) in [5, 5.41) is 1.09. The van der Waals surface area contributed by atoms with Gasteiger partial charge in [0.2, 0.25) is 0 Å². The van der Waals surface area contributed by atoms with Gasteiger partial charge in [0.25, 0.3) is 16.0 Å². The molecule has 3 aromatic carbocycles. The minimum atomic E-state index is -4.66. The number of benzene rings is 3. The van der Waals surface area contributed by atoms with Crippen LogP contribution in [0.15, 0.2) is 47.4 Å². The van der Waals surface area contributed by atoms with Crippen LogP contribution in [0.3, 0.4) is 0 Å². The molecule has 3 rings (SSSR count). The van der Waals surface area contributed by atoms with Crippen molar-refractivity contribution >= 4 is 26.8 Å². The van der Waals surface area contributed by atoms with Gasteiger partial charge in [-0.15, -0.1) is 0 Å². The molecule has 0 bridgehead atoms. The van der Waals surface area contributed by atoms with Crippen molar-refractivity contribution in [2.75, 3.05) is 0 Å². The number of fused-ring (bicyclic) bond motifs is 1. The zero-order valence-corrected chi connectivity index (χ0v) is 16.2. The Morgan fingerprint density at radius 1 is 1.04 bits per heavy atom. The van der Waals surface area contributed by atoms with Crippen LogP contribution in [0, 0.1) is 20.8 Å². The minimum Gasteiger partial charge on any atom is -0.366 e. The van der Waals surface area contributed by atoms with Crippen molar-refractivity contribution in [1.82, 2.24) is 0 Å². The Morgan fingerprint density at radius 2 is 1.63 bits per heavy atom.